The molecule has 0 saturated carbocycles. The number of methoxy groups -OCH3 is 1. The number of anilines is 1. The molecule has 0 saturated heterocycles. The van der Waals surface area contributed by atoms with E-state index in [1.807, 2.05) is 29.1 Å². The third kappa shape index (κ3) is 3.60. The summed E-state index contributed by atoms with van der Waals surface area (Å²) in [6, 6.07) is 10.2. The maximum atomic E-state index is 12.6. The van der Waals surface area contributed by atoms with Crippen molar-refractivity contribution < 1.29 is 14.3 Å². The summed E-state index contributed by atoms with van der Waals surface area (Å²) in [6.45, 7) is 1.45. The van der Waals surface area contributed by atoms with Gasteiger partial charge >= 0.3 is 0 Å². The average Bonchev–Trinajstić information content (AvgIpc) is 3.16. The van der Waals surface area contributed by atoms with E-state index in [2.05, 4.69) is 10.3 Å². The molecule has 132 valence electrons. The number of nitrogens with one attached hydrogen (secondary N) is 1. The van der Waals surface area contributed by atoms with Crippen molar-refractivity contribution in [3.8, 4) is 11.4 Å². The van der Waals surface area contributed by atoms with Crippen LogP contribution in [0, 0.1) is 0 Å². The second-order valence-electron chi connectivity index (χ2n) is 5.54. The first-order valence-electron chi connectivity index (χ1n) is 7.79. The molecule has 3 rings (SSSR count). The molecule has 26 heavy (non-hydrogen) atoms. The lowest BCUT2D eigenvalue weighted by Crippen LogP contribution is -2.15. The summed E-state index contributed by atoms with van der Waals surface area (Å²) in [5.74, 6) is 0.207. The lowest BCUT2D eigenvalue weighted by molar-refractivity contribution is 0.101. The maximum Gasteiger partial charge on any atom is 0.260 e. The van der Waals surface area contributed by atoms with Gasteiger partial charge in [-0.1, -0.05) is 11.6 Å². The normalized spacial score (nSPS) is 10.4. The summed E-state index contributed by atoms with van der Waals surface area (Å²) in [5, 5.41) is 3.08. The van der Waals surface area contributed by atoms with E-state index in [-0.39, 0.29) is 11.3 Å². The number of aromatic nitrogens is 2. The monoisotopic (exact) mass is 369 g/mol. The van der Waals surface area contributed by atoms with E-state index in [0.717, 1.165) is 0 Å². The molecule has 6 nitrogen and oxygen atoms in total. The fourth-order valence-electron chi connectivity index (χ4n) is 2.44. The number of carbonyl (C=O) groups is 2. The summed E-state index contributed by atoms with van der Waals surface area (Å²) < 4.78 is 7.18. The fourth-order valence-corrected chi connectivity index (χ4v) is 2.70. The largest absolute Gasteiger partial charge is 0.496 e. The van der Waals surface area contributed by atoms with Crippen molar-refractivity contribution in [2.45, 2.75) is 6.92 Å². The van der Waals surface area contributed by atoms with Crippen LogP contribution in [0.3, 0.4) is 0 Å². The Morgan fingerprint density at radius 3 is 2.50 bits per heavy atom. The highest BCUT2D eigenvalue weighted by molar-refractivity contribution is 6.33. The van der Waals surface area contributed by atoms with Crippen LogP contribution in [0.25, 0.3) is 5.69 Å². The van der Waals surface area contributed by atoms with Gasteiger partial charge in [-0.25, -0.2) is 4.98 Å². The number of halogens is 1. The number of hydrogen-bond donors (Lipinski definition) is 1. The molecule has 0 atom stereocenters. The Kier molecular flexibility index (Phi) is 5.04. The minimum Gasteiger partial charge on any atom is -0.496 e. The Labute approximate surface area is 155 Å². The van der Waals surface area contributed by atoms with Crippen molar-refractivity contribution in [2.24, 2.45) is 0 Å². The zero-order chi connectivity index (χ0) is 18.7. The van der Waals surface area contributed by atoms with Crippen molar-refractivity contribution in [2.75, 3.05) is 12.4 Å². The summed E-state index contributed by atoms with van der Waals surface area (Å²) in [5.41, 5.74) is 1.46. The number of ketones is 1. The smallest absolute Gasteiger partial charge is 0.260 e. The van der Waals surface area contributed by atoms with Crippen LogP contribution in [0.5, 0.6) is 5.75 Å². The number of pyridine rings is 1. The SMILES string of the molecule is COc1cc(-n2cccc2)c(Cl)cc1C(=O)Nc1ccc(C(C)=O)cn1. The van der Waals surface area contributed by atoms with E-state index < -0.39 is 5.91 Å². The summed E-state index contributed by atoms with van der Waals surface area (Å²) in [6.07, 6.45) is 5.11. The molecule has 0 radical (unpaired) electrons. The first-order valence-corrected chi connectivity index (χ1v) is 8.16. The number of ether oxygens (including phenoxy) is 1. The van der Waals surface area contributed by atoms with Gasteiger partial charge < -0.3 is 14.6 Å². The number of amides is 1. The Bertz CT molecular complexity index is 951. The van der Waals surface area contributed by atoms with E-state index in [0.29, 0.717) is 27.8 Å². The molecule has 2 heterocycles. The zero-order valence-corrected chi connectivity index (χ0v) is 14.9. The number of nitrogens with zero attached hydrogens (tertiary/aromatic N) is 2. The summed E-state index contributed by atoms with van der Waals surface area (Å²) in [4.78, 5) is 28.0. The number of carbonyl (C=O) groups excluding carboxylic acids is 2. The molecule has 0 fully saturated rings. The lowest BCUT2D eigenvalue weighted by Gasteiger charge is -2.13. The van der Waals surface area contributed by atoms with Gasteiger partial charge in [0.05, 0.1) is 23.4 Å². The number of rotatable bonds is 5. The molecular formula is C19H16ClN3O3. The predicted octanol–water partition coefficient (Wildman–Crippen LogP) is 3.99. The van der Waals surface area contributed by atoms with Gasteiger partial charge in [-0.3, -0.25) is 9.59 Å². The van der Waals surface area contributed by atoms with Gasteiger partial charge in [0.15, 0.2) is 5.78 Å². The number of benzene rings is 1. The fraction of sp³-hybridized carbons (Fsp3) is 0.105. The molecule has 0 aliphatic heterocycles. The topological polar surface area (TPSA) is 73.2 Å². The Morgan fingerprint density at radius 1 is 1.19 bits per heavy atom. The molecule has 1 amide bonds. The van der Waals surface area contributed by atoms with Crippen molar-refractivity contribution in [3.63, 3.8) is 0 Å². The average molecular weight is 370 g/mol. The second kappa shape index (κ2) is 7.41. The summed E-state index contributed by atoms with van der Waals surface area (Å²) in [7, 11) is 1.49. The van der Waals surface area contributed by atoms with Crippen LogP contribution in [-0.2, 0) is 0 Å². The molecule has 2 aromatic heterocycles. The van der Waals surface area contributed by atoms with Crippen molar-refractivity contribution in [1.29, 1.82) is 0 Å². The van der Waals surface area contributed by atoms with Crippen LogP contribution in [0.2, 0.25) is 5.02 Å². The van der Waals surface area contributed by atoms with E-state index in [9.17, 15) is 9.59 Å². The Hall–Kier alpha value is -3.12. The molecule has 0 bridgehead atoms. The predicted molar refractivity (Wildman–Crippen MR) is 99.5 cm³/mol. The minimum absolute atomic E-state index is 0.0931. The third-order valence-corrected chi connectivity index (χ3v) is 4.11. The van der Waals surface area contributed by atoms with Crippen LogP contribution >= 0.6 is 11.6 Å². The first kappa shape index (κ1) is 17.7. The highest BCUT2D eigenvalue weighted by Crippen LogP contribution is 2.30. The van der Waals surface area contributed by atoms with Crippen molar-refractivity contribution >= 4 is 29.1 Å². The molecule has 0 unspecified atom stereocenters. The molecule has 0 aliphatic rings. The van der Waals surface area contributed by atoms with Gasteiger partial charge in [0, 0.05) is 30.2 Å². The van der Waals surface area contributed by atoms with Gasteiger partial charge in [-0.2, -0.15) is 0 Å². The van der Waals surface area contributed by atoms with Gasteiger partial charge in [0.25, 0.3) is 5.91 Å². The standard InChI is InChI=1S/C19H16ClN3O3/c1-12(24)13-5-6-18(21-11-13)22-19(25)14-9-15(20)16(10-17(14)26-2)23-7-3-4-8-23/h3-11H,1-2H3,(H,21,22,25). The number of Topliss-reactive ketones (excluding diaryl/α,β-unsaturated/α-hetero) is 1. The highest BCUT2D eigenvalue weighted by atomic mass is 35.5. The van der Waals surface area contributed by atoms with Crippen LogP contribution < -0.4 is 10.1 Å². The van der Waals surface area contributed by atoms with E-state index in [4.69, 9.17) is 16.3 Å². The van der Waals surface area contributed by atoms with E-state index in [1.54, 1.807) is 24.3 Å². The Balaban J connectivity index is 1.89. The van der Waals surface area contributed by atoms with Gasteiger partial charge in [-0.05, 0) is 37.3 Å². The zero-order valence-electron chi connectivity index (χ0n) is 14.2. The van der Waals surface area contributed by atoms with Gasteiger partial charge in [0.2, 0.25) is 0 Å². The molecular weight excluding hydrogens is 354 g/mol. The molecule has 1 aromatic carbocycles. The Morgan fingerprint density at radius 2 is 1.92 bits per heavy atom. The minimum atomic E-state index is -0.411. The number of hydrogen-bond acceptors (Lipinski definition) is 4. The maximum absolute atomic E-state index is 12.6. The molecule has 7 heteroatoms. The van der Waals surface area contributed by atoms with Crippen LogP contribution in [0.1, 0.15) is 27.6 Å². The molecule has 0 aliphatic carbocycles. The second-order valence-corrected chi connectivity index (χ2v) is 5.94. The molecule has 1 N–H and O–H groups in total. The lowest BCUT2D eigenvalue weighted by atomic mass is 10.1. The molecule has 3 aromatic rings. The van der Waals surface area contributed by atoms with E-state index in [1.165, 1.54) is 20.2 Å². The van der Waals surface area contributed by atoms with Crippen LogP contribution in [0.4, 0.5) is 5.82 Å². The quantitative estimate of drug-likeness (QED) is 0.690. The van der Waals surface area contributed by atoms with Crippen LogP contribution in [-0.4, -0.2) is 28.4 Å². The van der Waals surface area contributed by atoms with E-state index >= 15 is 0 Å². The summed E-state index contributed by atoms with van der Waals surface area (Å²) >= 11 is 6.34. The van der Waals surface area contributed by atoms with Gasteiger partial charge in [-0.15, -0.1) is 0 Å². The van der Waals surface area contributed by atoms with Crippen molar-refractivity contribution in [3.05, 3.63) is 71.1 Å². The van der Waals surface area contributed by atoms with Gasteiger partial charge in [0.1, 0.15) is 11.6 Å². The highest BCUT2D eigenvalue weighted by Gasteiger charge is 2.17. The van der Waals surface area contributed by atoms with Crippen LogP contribution in [0.15, 0.2) is 55.0 Å². The molecule has 0 spiro atoms. The first-order chi connectivity index (χ1) is 12.5. The van der Waals surface area contributed by atoms with Crippen molar-refractivity contribution in [1.82, 2.24) is 9.55 Å². The third-order valence-electron chi connectivity index (χ3n) is 3.81.